The van der Waals surface area contributed by atoms with Gasteiger partial charge in [0.2, 0.25) is 15.9 Å². The minimum atomic E-state index is -3.82. The van der Waals surface area contributed by atoms with Crippen molar-refractivity contribution < 1.29 is 22.4 Å². The summed E-state index contributed by atoms with van der Waals surface area (Å²) < 4.78 is 39.8. The predicted molar refractivity (Wildman–Crippen MR) is 142 cm³/mol. The van der Waals surface area contributed by atoms with Gasteiger partial charge in [-0.15, -0.1) is 0 Å². The van der Waals surface area contributed by atoms with Crippen LogP contribution in [0.3, 0.4) is 0 Å². The lowest BCUT2D eigenvalue weighted by Gasteiger charge is -2.23. The van der Waals surface area contributed by atoms with E-state index in [1.165, 1.54) is 21.7 Å². The van der Waals surface area contributed by atoms with Gasteiger partial charge in [-0.25, -0.2) is 13.4 Å². The topological polar surface area (TPSA) is 96.2 Å². The lowest BCUT2D eigenvalue weighted by atomic mass is 10.1. The highest BCUT2D eigenvalue weighted by molar-refractivity contribution is 7.89. The number of rotatable bonds is 9. The average Bonchev–Trinajstić information content (AvgIpc) is 3.46. The number of hydrogen-bond donors (Lipinski definition) is 0. The van der Waals surface area contributed by atoms with Crippen molar-refractivity contribution in [2.24, 2.45) is 0 Å². The Balaban J connectivity index is 1.31. The summed E-state index contributed by atoms with van der Waals surface area (Å²) in [6, 6.07) is 9.66. The van der Waals surface area contributed by atoms with Crippen LogP contribution in [0.5, 0.6) is 5.75 Å². The highest BCUT2D eigenvalue weighted by atomic mass is 32.2. The first-order valence-corrected chi connectivity index (χ1v) is 14.2. The molecule has 2 heterocycles. The minimum Gasteiger partial charge on any atom is -0.497 e. The van der Waals surface area contributed by atoms with Gasteiger partial charge < -0.3 is 14.1 Å². The van der Waals surface area contributed by atoms with E-state index in [2.05, 4.69) is 35.1 Å². The fraction of sp³-hybridized carbons (Fsp3) is 0.429. The van der Waals surface area contributed by atoms with E-state index in [4.69, 9.17) is 9.15 Å². The molecule has 5 rings (SSSR count). The Hall–Kier alpha value is -3.21. The molecule has 10 heteroatoms. The number of carbonyl (C=O) groups is 1. The lowest BCUT2D eigenvalue weighted by molar-refractivity contribution is 0.0779. The van der Waals surface area contributed by atoms with Crippen LogP contribution in [0.1, 0.15) is 57.0 Å². The Bertz CT molecular complexity index is 1460. The maximum absolute atomic E-state index is 13.8. The van der Waals surface area contributed by atoms with Crippen molar-refractivity contribution in [1.82, 2.24) is 19.1 Å². The molecule has 9 nitrogen and oxygen atoms in total. The second-order valence-electron chi connectivity index (χ2n) is 10.4. The van der Waals surface area contributed by atoms with E-state index in [1.807, 2.05) is 0 Å². The molecule has 1 aliphatic carbocycles. The molecule has 3 aromatic rings. The summed E-state index contributed by atoms with van der Waals surface area (Å²) in [7, 11) is 1.56. The largest absolute Gasteiger partial charge is 0.497 e. The van der Waals surface area contributed by atoms with Crippen molar-refractivity contribution in [2.45, 2.75) is 63.8 Å². The van der Waals surface area contributed by atoms with E-state index in [0.29, 0.717) is 23.4 Å². The first-order valence-electron chi connectivity index (χ1n) is 12.7. The van der Waals surface area contributed by atoms with Gasteiger partial charge in [-0.05, 0) is 73.7 Å². The molecule has 1 amide bonds. The number of methoxy groups -OCH3 is 1. The third-order valence-electron chi connectivity index (χ3n) is 7.17. The third-order valence-corrected chi connectivity index (χ3v) is 9.37. The van der Waals surface area contributed by atoms with E-state index in [1.54, 1.807) is 45.0 Å². The Kier molecular flexibility index (Phi) is 7.06. The number of amides is 1. The number of hydrogen-bond acceptors (Lipinski definition) is 7. The molecule has 2 aliphatic rings. The number of nitrogens with zero attached hydrogens (tertiary/aromatic N) is 4. The third kappa shape index (κ3) is 5.21. The van der Waals surface area contributed by atoms with Gasteiger partial charge >= 0.3 is 0 Å². The van der Waals surface area contributed by atoms with Crippen molar-refractivity contribution >= 4 is 15.9 Å². The fourth-order valence-electron chi connectivity index (χ4n) is 5.20. The monoisotopic (exact) mass is 538 g/mol. The zero-order chi connectivity index (χ0) is 27.2. The zero-order valence-electron chi connectivity index (χ0n) is 22.5. The highest BCUT2D eigenvalue weighted by Gasteiger charge is 2.40. The number of sulfonamides is 1. The number of aromatic nitrogens is 1. The van der Waals surface area contributed by atoms with Crippen LogP contribution >= 0.6 is 0 Å². The lowest BCUT2D eigenvalue weighted by Crippen LogP contribution is -2.34. The van der Waals surface area contributed by atoms with E-state index in [9.17, 15) is 13.2 Å². The van der Waals surface area contributed by atoms with Crippen LogP contribution in [0.25, 0.3) is 0 Å². The SMILES string of the molecule is COc1cc(C)c(S(=O)(=O)N(Cc2nc(C(=O)N(C)Cc3ccc4c(c3)CN(C)C4)co2)C2CC2)c(C)c1. The second kappa shape index (κ2) is 10.2. The number of oxazole rings is 1. The summed E-state index contributed by atoms with van der Waals surface area (Å²) in [5.74, 6) is 0.533. The molecule has 0 saturated heterocycles. The quantitative estimate of drug-likeness (QED) is 0.408. The highest BCUT2D eigenvalue weighted by Crippen LogP contribution is 2.36. The smallest absolute Gasteiger partial charge is 0.275 e. The first kappa shape index (κ1) is 26.4. The van der Waals surface area contributed by atoms with Gasteiger partial charge in [-0.1, -0.05) is 18.2 Å². The van der Waals surface area contributed by atoms with E-state index in [0.717, 1.165) is 31.5 Å². The maximum atomic E-state index is 13.8. The molecule has 1 aromatic heterocycles. The number of ether oxygens (including phenoxy) is 1. The predicted octanol–water partition coefficient (Wildman–Crippen LogP) is 3.87. The summed E-state index contributed by atoms with van der Waals surface area (Å²) >= 11 is 0. The average molecular weight is 539 g/mol. The molecule has 2 aromatic carbocycles. The van der Waals surface area contributed by atoms with Gasteiger partial charge in [0.25, 0.3) is 5.91 Å². The van der Waals surface area contributed by atoms with Gasteiger partial charge in [0.15, 0.2) is 5.69 Å². The van der Waals surface area contributed by atoms with E-state index < -0.39 is 10.0 Å². The normalized spacial score (nSPS) is 15.6. The Labute approximate surface area is 224 Å². The molecular weight excluding hydrogens is 504 g/mol. The number of carbonyl (C=O) groups excluding carboxylic acids is 1. The van der Waals surface area contributed by atoms with Gasteiger partial charge in [-0.3, -0.25) is 9.69 Å². The zero-order valence-corrected chi connectivity index (χ0v) is 23.3. The molecule has 0 radical (unpaired) electrons. The summed E-state index contributed by atoms with van der Waals surface area (Å²) in [5, 5.41) is 0. The Morgan fingerprint density at radius 1 is 1.11 bits per heavy atom. The Morgan fingerprint density at radius 3 is 2.45 bits per heavy atom. The second-order valence-corrected chi connectivity index (χ2v) is 12.3. The van der Waals surface area contributed by atoms with Crippen LogP contribution in [0.2, 0.25) is 0 Å². The van der Waals surface area contributed by atoms with Crippen molar-refractivity contribution in [1.29, 1.82) is 0 Å². The molecule has 0 spiro atoms. The van der Waals surface area contributed by atoms with Gasteiger partial charge in [0, 0.05) is 32.7 Å². The van der Waals surface area contributed by atoms with Crippen LogP contribution in [-0.2, 0) is 36.2 Å². The number of fused-ring (bicyclic) bond motifs is 1. The van der Waals surface area contributed by atoms with Gasteiger partial charge in [0.05, 0.1) is 18.6 Å². The first-order chi connectivity index (χ1) is 18.1. The summed E-state index contributed by atoms with van der Waals surface area (Å²) in [6.45, 7) is 5.79. The van der Waals surface area contributed by atoms with Gasteiger partial charge in [0.1, 0.15) is 12.0 Å². The molecule has 38 heavy (non-hydrogen) atoms. The fourth-order valence-corrected chi connectivity index (χ4v) is 7.25. The van der Waals surface area contributed by atoms with Gasteiger partial charge in [-0.2, -0.15) is 4.31 Å². The minimum absolute atomic E-state index is 0.0345. The molecule has 1 saturated carbocycles. The van der Waals surface area contributed by atoms with Crippen molar-refractivity contribution in [3.8, 4) is 5.75 Å². The summed E-state index contributed by atoms with van der Waals surface area (Å²) in [6.07, 6.45) is 2.87. The molecule has 0 atom stereocenters. The molecule has 0 bridgehead atoms. The van der Waals surface area contributed by atoms with Crippen LogP contribution in [-0.4, -0.2) is 60.7 Å². The molecule has 1 fully saturated rings. The van der Waals surface area contributed by atoms with Crippen molar-refractivity contribution in [2.75, 3.05) is 21.2 Å². The standard InChI is InChI=1S/C28H34N4O5S/c1-18-10-24(36-5)11-19(2)27(18)38(34,35)32(23-8-9-23)16-26-29-25(17-37-26)28(33)31(4)13-20-6-7-21-14-30(3)15-22(21)12-20/h6-7,10-12,17,23H,8-9,13-16H2,1-5H3. The molecule has 0 N–H and O–H groups in total. The van der Waals surface area contributed by atoms with E-state index in [-0.39, 0.29) is 35.0 Å². The van der Waals surface area contributed by atoms with Crippen LogP contribution in [0.15, 0.2) is 45.9 Å². The van der Waals surface area contributed by atoms with Crippen molar-refractivity contribution in [3.63, 3.8) is 0 Å². The summed E-state index contributed by atoms with van der Waals surface area (Å²) in [5.41, 5.74) is 5.06. The number of benzene rings is 2. The molecule has 0 unspecified atom stereocenters. The summed E-state index contributed by atoms with van der Waals surface area (Å²) in [4.78, 5) is 21.6. The maximum Gasteiger partial charge on any atom is 0.275 e. The van der Waals surface area contributed by atoms with Crippen LogP contribution < -0.4 is 4.74 Å². The molecular formula is C28H34N4O5S. The van der Waals surface area contributed by atoms with Crippen LogP contribution in [0, 0.1) is 13.8 Å². The Morgan fingerprint density at radius 2 is 1.79 bits per heavy atom. The van der Waals surface area contributed by atoms with E-state index >= 15 is 0 Å². The number of aryl methyl sites for hydroxylation is 2. The van der Waals surface area contributed by atoms with Crippen molar-refractivity contribution in [3.05, 3.63) is 76.0 Å². The molecule has 1 aliphatic heterocycles. The molecule has 202 valence electrons. The van der Waals surface area contributed by atoms with Crippen LogP contribution in [0.4, 0.5) is 0 Å².